The van der Waals surface area contributed by atoms with Crippen LogP contribution in [-0.4, -0.2) is 10.7 Å². The van der Waals surface area contributed by atoms with Crippen LogP contribution in [-0.2, 0) is 0 Å². The van der Waals surface area contributed by atoms with E-state index in [1.807, 2.05) is 13.8 Å². The summed E-state index contributed by atoms with van der Waals surface area (Å²) in [4.78, 5) is 0. The van der Waals surface area contributed by atoms with E-state index in [1.165, 1.54) is 5.57 Å². The largest absolute Gasteiger partial charge is 0.386 e. The van der Waals surface area contributed by atoms with E-state index in [4.69, 9.17) is 0 Å². The lowest BCUT2D eigenvalue weighted by atomic mass is 9.79. The summed E-state index contributed by atoms with van der Waals surface area (Å²) in [6.07, 6.45) is 4.44. The number of aliphatic hydroxyl groups is 1. The molecule has 1 rings (SSSR count). The van der Waals surface area contributed by atoms with Crippen LogP contribution < -0.4 is 0 Å². The van der Waals surface area contributed by atoms with E-state index in [2.05, 4.69) is 32.9 Å². The summed E-state index contributed by atoms with van der Waals surface area (Å²) in [5.74, 6) is 0.842. The van der Waals surface area contributed by atoms with Crippen LogP contribution in [0.1, 0.15) is 34.6 Å². The Morgan fingerprint density at radius 2 is 1.69 bits per heavy atom. The van der Waals surface area contributed by atoms with Gasteiger partial charge in [-0.15, -0.1) is 0 Å². The molecular formula is C12H20O. The molecule has 0 saturated carbocycles. The van der Waals surface area contributed by atoms with Crippen LogP contribution in [0.3, 0.4) is 0 Å². The molecule has 1 nitrogen and oxygen atoms in total. The molecule has 0 spiro atoms. The van der Waals surface area contributed by atoms with Gasteiger partial charge in [-0.3, -0.25) is 0 Å². The molecule has 0 saturated heterocycles. The standard InChI is InChI=1S/C12H20O/c1-8-6-10(3)11(7-9(8)2)12(4,5)13/h6-7,9-10,13H,1-5H3/t9-,10-/m1/s1. The summed E-state index contributed by atoms with van der Waals surface area (Å²) in [6.45, 7) is 10.2. The Labute approximate surface area is 81.2 Å². The van der Waals surface area contributed by atoms with Crippen LogP contribution in [0.15, 0.2) is 23.3 Å². The van der Waals surface area contributed by atoms with Gasteiger partial charge < -0.3 is 5.11 Å². The van der Waals surface area contributed by atoms with Crippen molar-refractivity contribution in [2.75, 3.05) is 0 Å². The molecule has 0 radical (unpaired) electrons. The highest BCUT2D eigenvalue weighted by Crippen LogP contribution is 2.33. The van der Waals surface area contributed by atoms with Crippen LogP contribution in [0, 0.1) is 11.8 Å². The van der Waals surface area contributed by atoms with Crippen LogP contribution in [0.25, 0.3) is 0 Å². The smallest absolute Gasteiger partial charge is 0.0806 e. The first-order valence-corrected chi connectivity index (χ1v) is 4.95. The summed E-state index contributed by atoms with van der Waals surface area (Å²) in [5, 5.41) is 9.92. The van der Waals surface area contributed by atoms with E-state index < -0.39 is 5.60 Å². The van der Waals surface area contributed by atoms with Gasteiger partial charge in [-0.05, 0) is 38.2 Å². The van der Waals surface area contributed by atoms with Crippen molar-refractivity contribution in [3.63, 3.8) is 0 Å². The molecule has 0 bridgehead atoms. The van der Waals surface area contributed by atoms with Crippen molar-refractivity contribution in [3.05, 3.63) is 23.3 Å². The molecule has 0 aliphatic heterocycles. The van der Waals surface area contributed by atoms with Crippen LogP contribution in [0.5, 0.6) is 0 Å². The number of allylic oxidation sites excluding steroid dienone is 3. The highest BCUT2D eigenvalue weighted by atomic mass is 16.3. The van der Waals surface area contributed by atoms with Crippen molar-refractivity contribution in [3.8, 4) is 0 Å². The Bertz CT molecular complexity index is 253. The molecule has 0 aromatic rings. The second-order valence-electron chi connectivity index (χ2n) is 4.67. The third kappa shape index (κ3) is 2.22. The monoisotopic (exact) mass is 180 g/mol. The van der Waals surface area contributed by atoms with Gasteiger partial charge in [0.1, 0.15) is 0 Å². The highest BCUT2D eigenvalue weighted by molar-refractivity contribution is 5.31. The van der Waals surface area contributed by atoms with Gasteiger partial charge in [0.05, 0.1) is 5.60 Å². The molecule has 1 N–H and O–H groups in total. The Hall–Kier alpha value is -0.560. The second-order valence-corrected chi connectivity index (χ2v) is 4.67. The Morgan fingerprint density at radius 1 is 1.15 bits per heavy atom. The predicted octanol–water partition coefficient (Wildman–Crippen LogP) is 2.92. The van der Waals surface area contributed by atoms with E-state index >= 15 is 0 Å². The molecule has 1 aliphatic rings. The average molecular weight is 180 g/mol. The lowest BCUT2D eigenvalue weighted by Gasteiger charge is -2.31. The maximum atomic E-state index is 9.92. The van der Waals surface area contributed by atoms with Gasteiger partial charge >= 0.3 is 0 Å². The van der Waals surface area contributed by atoms with E-state index in [-0.39, 0.29) is 0 Å². The van der Waals surface area contributed by atoms with E-state index in [0.29, 0.717) is 11.8 Å². The van der Waals surface area contributed by atoms with Crippen molar-refractivity contribution >= 4 is 0 Å². The first-order valence-electron chi connectivity index (χ1n) is 4.95. The fourth-order valence-corrected chi connectivity index (χ4v) is 1.95. The fourth-order valence-electron chi connectivity index (χ4n) is 1.95. The van der Waals surface area contributed by atoms with Crippen molar-refractivity contribution in [2.24, 2.45) is 11.8 Å². The van der Waals surface area contributed by atoms with Crippen LogP contribution >= 0.6 is 0 Å². The van der Waals surface area contributed by atoms with Gasteiger partial charge in [0.25, 0.3) is 0 Å². The summed E-state index contributed by atoms with van der Waals surface area (Å²) in [5.41, 5.74) is 1.87. The topological polar surface area (TPSA) is 20.2 Å². The molecule has 0 amide bonds. The zero-order chi connectivity index (χ0) is 10.2. The van der Waals surface area contributed by atoms with Crippen molar-refractivity contribution in [1.29, 1.82) is 0 Å². The quantitative estimate of drug-likeness (QED) is 0.615. The average Bonchev–Trinajstić information content (AvgIpc) is 1.94. The summed E-state index contributed by atoms with van der Waals surface area (Å²) in [7, 11) is 0. The molecule has 2 atom stereocenters. The molecule has 0 unspecified atom stereocenters. The summed E-state index contributed by atoms with van der Waals surface area (Å²) in [6, 6.07) is 0. The van der Waals surface area contributed by atoms with Crippen LogP contribution in [0.4, 0.5) is 0 Å². The number of rotatable bonds is 1. The normalized spacial score (nSPS) is 29.7. The molecule has 0 aromatic heterocycles. The maximum Gasteiger partial charge on any atom is 0.0806 e. The zero-order valence-electron chi connectivity index (χ0n) is 9.26. The Morgan fingerprint density at radius 3 is 2.15 bits per heavy atom. The summed E-state index contributed by atoms with van der Waals surface area (Å²) >= 11 is 0. The molecule has 0 aromatic carbocycles. The minimum absolute atomic E-state index is 0.371. The van der Waals surface area contributed by atoms with E-state index in [1.54, 1.807) is 0 Å². The van der Waals surface area contributed by atoms with Crippen molar-refractivity contribution in [2.45, 2.75) is 40.2 Å². The molecule has 74 valence electrons. The van der Waals surface area contributed by atoms with Gasteiger partial charge in [-0.2, -0.15) is 0 Å². The van der Waals surface area contributed by atoms with Gasteiger partial charge in [0.15, 0.2) is 0 Å². The first-order chi connectivity index (χ1) is 5.82. The maximum absolute atomic E-state index is 9.92. The lowest BCUT2D eigenvalue weighted by Crippen LogP contribution is -2.28. The lowest BCUT2D eigenvalue weighted by molar-refractivity contribution is 0.110. The van der Waals surface area contributed by atoms with Gasteiger partial charge in [-0.1, -0.05) is 31.6 Å². The van der Waals surface area contributed by atoms with Crippen molar-refractivity contribution in [1.82, 2.24) is 0 Å². The predicted molar refractivity (Wildman–Crippen MR) is 56.5 cm³/mol. The molecular weight excluding hydrogens is 160 g/mol. The Kier molecular flexibility index (Phi) is 2.67. The first kappa shape index (κ1) is 10.5. The Balaban J connectivity index is 2.96. The SMILES string of the molecule is CC1=C[C@@H](C)C(C(C)(C)O)=C[C@H]1C. The zero-order valence-corrected chi connectivity index (χ0v) is 9.26. The highest BCUT2D eigenvalue weighted by Gasteiger charge is 2.26. The minimum Gasteiger partial charge on any atom is -0.386 e. The minimum atomic E-state index is -0.676. The molecule has 1 heteroatoms. The summed E-state index contributed by atoms with van der Waals surface area (Å²) < 4.78 is 0. The van der Waals surface area contributed by atoms with Crippen LogP contribution in [0.2, 0.25) is 0 Å². The van der Waals surface area contributed by atoms with Gasteiger partial charge in [0, 0.05) is 0 Å². The van der Waals surface area contributed by atoms with E-state index in [0.717, 1.165) is 5.57 Å². The number of hydrogen-bond donors (Lipinski definition) is 1. The third-order valence-corrected chi connectivity index (χ3v) is 2.86. The van der Waals surface area contributed by atoms with Crippen molar-refractivity contribution < 1.29 is 5.11 Å². The number of hydrogen-bond acceptors (Lipinski definition) is 1. The molecule has 13 heavy (non-hydrogen) atoms. The van der Waals surface area contributed by atoms with Gasteiger partial charge in [-0.25, -0.2) is 0 Å². The van der Waals surface area contributed by atoms with E-state index in [9.17, 15) is 5.11 Å². The molecule has 0 fully saturated rings. The van der Waals surface area contributed by atoms with Gasteiger partial charge in [0.2, 0.25) is 0 Å². The molecule has 1 aliphatic carbocycles. The molecule has 0 heterocycles. The second kappa shape index (κ2) is 3.30. The third-order valence-electron chi connectivity index (χ3n) is 2.86. The fraction of sp³-hybridized carbons (Fsp3) is 0.667.